The van der Waals surface area contributed by atoms with Crippen molar-refractivity contribution in [3.8, 4) is 17.0 Å². The van der Waals surface area contributed by atoms with Crippen LogP contribution in [0.2, 0.25) is 0 Å². The summed E-state index contributed by atoms with van der Waals surface area (Å²) in [5.41, 5.74) is 3.80. The van der Waals surface area contributed by atoms with E-state index in [-0.39, 0.29) is 12.4 Å². The van der Waals surface area contributed by atoms with Gasteiger partial charge < -0.3 is 19.5 Å². The lowest BCUT2D eigenvalue weighted by Gasteiger charge is -2.22. The van der Waals surface area contributed by atoms with Crippen LogP contribution in [0.1, 0.15) is 27.9 Å². The van der Waals surface area contributed by atoms with E-state index in [2.05, 4.69) is 15.5 Å². The summed E-state index contributed by atoms with van der Waals surface area (Å²) < 4.78 is 55.9. The number of ether oxygens (including phenoxy) is 3. The molecule has 4 rings (SSSR count). The van der Waals surface area contributed by atoms with Gasteiger partial charge in [-0.1, -0.05) is 30.3 Å². The number of methoxy groups -OCH3 is 1. The van der Waals surface area contributed by atoms with Crippen molar-refractivity contribution in [3.63, 3.8) is 0 Å². The largest absolute Gasteiger partial charge is 0.488 e. The number of aryl methyl sites for hydroxylation is 1. The zero-order valence-corrected chi connectivity index (χ0v) is 20.1. The third kappa shape index (κ3) is 7.24. The molecule has 1 aliphatic heterocycles. The molecule has 9 heteroatoms. The number of alkyl halides is 3. The van der Waals surface area contributed by atoms with Crippen molar-refractivity contribution in [1.29, 1.82) is 0 Å². The topological polar surface area (TPSA) is 65.5 Å². The van der Waals surface area contributed by atoms with Crippen molar-refractivity contribution in [2.45, 2.75) is 32.7 Å². The van der Waals surface area contributed by atoms with E-state index >= 15 is 0 Å². The van der Waals surface area contributed by atoms with Gasteiger partial charge in [0.15, 0.2) is 0 Å². The van der Waals surface area contributed by atoms with E-state index in [9.17, 15) is 13.2 Å². The van der Waals surface area contributed by atoms with Crippen LogP contribution in [0.5, 0.6) is 5.75 Å². The summed E-state index contributed by atoms with van der Waals surface area (Å²) in [6, 6.07) is 12.8. The summed E-state index contributed by atoms with van der Waals surface area (Å²) in [5.74, 6) is 0.135. The first-order valence-electron chi connectivity index (χ1n) is 11.3. The third-order valence-corrected chi connectivity index (χ3v) is 5.49. The van der Waals surface area contributed by atoms with Crippen LogP contribution in [0.25, 0.3) is 11.3 Å². The number of benzene rings is 2. The molecule has 0 spiro atoms. The first kappa shape index (κ1) is 26.6. The van der Waals surface area contributed by atoms with E-state index < -0.39 is 11.7 Å². The van der Waals surface area contributed by atoms with Gasteiger partial charge in [0.25, 0.3) is 0 Å². The van der Waals surface area contributed by atoms with E-state index in [1.165, 1.54) is 6.07 Å². The molecule has 35 heavy (non-hydrogen) atoms. The second kappa shape index (κ2) is 12.6. The highest BCUT2D eigenvalue weighted by molar-refractivity contribution is 5.72. The Kier molecular flexibility index (Phi) is 9.59. The first-order chi connectivity index (χ1) is 16.8. The fourth-order valence-corrected chi connectivity index (χ4v) is 3.59. The van der Waals surface area contributed by atoms with Gasteiger partial charge >= 0.3 is 6.18 Å². The Hall–Kier alpha value is -3.01. The van der Waals surface area contributed by atoms with Gasteiger partial charge in [0.1, 0.15) is 18.1 Å². The monoisotopic (exact) mass is 489 g/mol. The van der Waals surface area contributed by atoms with Gasteiger partial charge in [-0.15, -0.1) is 5.10 Å². The Bertz CT molecular complexity index is 1090. The van der Waals surface area contributed by atoms with Crippen LogP contribution in [0.15, 0.2) is 48.5 Å². The number of halogens is 3. The van der Waals surface area contributed by atoms with Gasteiger partial charge in [0.2, 0.25) is 0 Å². The van der Waals surface area contributed by atoms with E-state index in [0.717, 1.165) is 47.7 Å². The molecule has 0 radical (unpaired) electrons. The van der Waals surface area contributed by atoms with Gasteiger partial charge in [-0.25, -0.2) is 0 Å². The quantitative estimate of drug-likeness (QED) is 0.473. The predicted molar refractivity (Wildman–Crippen MR) is 127 cm³/mol. The van der Waals surface area contributed by atoms with Crippen molar-refractivity contribution >= 4 is 0 Å². The van der Waals surface area contributed by atoms with Gasteiger partial charge in [-0.05, 0) is 49.7 Å². The lowest BCUT2D eigenvalue weighted by atomic mass is 9.95. The zero-order valence-electron chi connectivity index (χ0n) is 20.1. The molecule has 0 saturated heterocycles. The zero-order chi connectivity index (χ0) is 25.3. The van der Waals surface area contributed by atoms with Gasteiger partial charge in [-0.2, -0.15) is 18.3 Å². The molecule has 1 aromatic heterocycles. The number of fused-ring (bicyclic) bond motifs is 1. The predicted octanol–water partition coefficient (Wildman–Crippen LogP) is 4.97. The highest BCUT2D eigenvalue weighted by Gasteiger charge is 2.32. The minimum atomic E-state index is -4.46. The van der Waals surface area contributed by atoms with Crippen LogP contribution in [0.4, 0.5) is 13.2 Å². The summed E-state index contributed by atoms with van der Waals surface area (Å²) in [6.45, 7) is 4.70. The Morgan fingerprint density at radius 3 is 2.49 bits per heavy atom. The standard InChI is InChI=1S/C22H19F3N2O2.C4H11NO/c1-14-19-13-28-10-9-17(19)21(27-26-14)18-8-7-16(22(23,24)25)11-20(18)29-12-15-5-3-2-4-6-15;1-5-3-4-6-2/h2-8,11H,9-10,12-13H2,1H3;5H,3-4H2,1-2H3. The number of hydrogen-bond donors (Lipinski definition) is 1. The maximum absolute atomic E-state index is 13.3. The van der Waals surface area contributed by atoms with E-state index in [0.29, 0.717) is 30.9 Å². The molecule has 0 fully saturated rings. The average molecular weight is 490 g/mol. The number of rotatable bonds is 7. The Labute approximate surface area is 203 Å². The van der Waals surface area contributed by atoms with Gasteiger partial charge in [0, 0.05) is 24.8 Å². The van der Waals surface area contributed by atoms with Gasteiger partial charge in [0.05, 0.1) is 31.1 Å². The Balaban J connectivity index is 0.000000509. The van der Waals surface area contributed by atoms with Crippen molar-refractivity contribution in [2.24, 2.45) is 0 Å². The molecule has 2 heterocycles. The molecule has 3 aromatic rings. The SMILES string of the molecule is CNCCOC.Cc1nnc(-c2ccc(C(F)(F)F)cc2OCc2ccccc2)c2c1COCC2. The lowest BCUT2D eigenvalue weighted by molar-refractivity contribution is -0.137. The third-order valence-electron chi connectivity index (χ3n) is 5.49. The minimum absolute atomic E-state index is 0.135. The summed E-state index contributed by atoms with van der Waals surface area (Å²) in [6.07, 6.45) is -3.84. The molecule has 0 unspecified atom stereocenters. The highest BCUT2D eigenvalue weighted by atomic mass is 19.4. The molecule has 2 aromatic carbocycles. The molecule has 0 atom stereocenters. The Morgan fingerprint density at radius 2 is 1.83 bits per heavy atom. The van der Waals surface area contributed by atoms with E-state index in [1.807, 2.05) is 44.3 Å². The molecule has 1 N–H and O–H groups in total. The van der Waals surface area contributed by atoms with E-state index in [1.54, 1.807) is 7.11 Å². The first-order valence-corrected chi connectivity index (χ1v) is 11.3. The molecule has 0 saturated carbocycles. The summed E-state index contributed by atoms with van der Waals surface area (Å²) in [5, 5.41) is 11.4. The van der Waals surface area contributed by atoms with Crippen molar-refractivity contribution in [2.75, 3.05) is 33.9 Å². The number of nitrogens with zero attached hydrogens (tertiary/aromatic N) is 2. The van der Waals surface area contributed by atoms with E-state index in [4.69, 9.17) is 14.2 Å². The fraction of sp³-hybridized carbons (Fsp3) is 0.385. The lowest BCUT2D eigenvalue weighted by Crippen LogP contribution is -2.15. The molecule has 0 aliphatic carbocycles. The minimum Gasteiger partial charge on any atom is -0.488 e. The Morgan fingerprint density at radius 1 is 1.06 bits per heavy atom. The molecule has 1 aliphatic rings. The number of aromatic nitrogens is 2. The van der Waals surface area contributed by atoms with Crippen LogP contribution in [-0.4, -0.2) is 44.1 Å². The molecule has 0 amide bonds. The summed E-state index contributed by atoms with van der Waals surface area (Å²) >= 11 is 0. The molecule has 188 valence electrons. The normalized spacial score (nSPS) is 13.0. The maximum Gasteiger partial charge on any atom is 0.416 e. The highest BCUT2D eigenvalue weighted by Crippen LogP contribution is 2.39. The van der Waals surface area contributed by atoms with Crippen LogP contribution in [0, 0.1) is 6.92 Å². The number of hydrogen-bond acceptors (Lipinski definition) is 6. The summed E-state index contributed by atoms with van der Waals surface area (Å²) in [7, 11) is 3.59. The van der Waals surface area contributed by atoms with Crippen LogP contribution in [0.3, 0.4) is 0 Å². The fourth-order valence-electron chi connectivity index (χ4n) is 3.59. The smallest absolute Gasteiger partial charge is 0.416 e. The second-order valence-electron chi connectivity index (χ2n) is 7.97. The summed E-state index contributed by atoms with van der Waals surface area (Å²) in [4.78, 5) is 0. The van der Waals surface area contributed by atoms with Crippen LogP contribution >= 0.6 is 0 Å². The number of likely N-dealkylation sites (N-methyl/N-ethyl adjacent to an activating group) is 1. The molecule has 0 bridgehead atoms. The molecule has 6 nitrogen and oxygen atoms in total. The molecular weight excluding hydrogens is 459 g/mol. The van der Waals surface area contributed by atoms with Gasteiger partial charge in [-0.3, -0.25) is 0 Å². The van der Waals surface area contributed by atoms with Crippen molar-refractivity contribution < 1.29 is 27.4 Å². The second-order valence-corrected chi connectivity index (χ2v) is 7.97. The van der Waals surface area contributed by atoms with Crippen LogP contribution < -0.4 is 10.1 Å². The average Bonchev–Trinajstić information content (AvgIpc) is 2.87. The van der Waals surface area contributed by atoms with Crippen molar-refractivity contribution in [3.05, 3.63) is 76.5 Å². The maximum atomic E-state index is 13.3. The van der Waals surface area contributed by atoms with Crippen LogP contribution in [-0.2, 0) is 35.3 Å². The molecular formula is C26H30F3N3O3. The number of nitrogens with one attached hydrogen (secondary N) is 1. The van der Waals surface area contributed by atoms with Crippen molar-refractivity contribution in [1.82, 2.24) is 15.5 Å².